The van der Waals surface area contributed by atoms with E-state index in [-0.39, 0.29) is 11.9 Å². The van der Waals surface area contributed by atoms with Crippen molar-refractivity contribution in [3.8, 4) is 0 Å². The van der Waals surface area contributed by atoms with E-state index in [1.807, 2.05) is 6.07 Å². The summed E-state index contributed by atoms with van der Waals surface area (Å²) >= 11 is 6.01. The fourth-order valence-electron chi connectivity index (χ4n) is 1.52. The first-order chi connectivity index (χ1) is 8.00. The van der Waals surface area contributed by atoms with Crippen molar-refractivity contribution < 1.29 is 4.79 Å². The molecule has 2 rings (SSSR count). The van der Waals surface area contributed by atoms with E-state index in [9.17, 15) is 4.79 Å². The van der Waals surface area contributed by atoms with E-state index in [1.54, 1.807) is 18.2 Å². The van der Waals surface area contributed by atoms with Crippen LogP contribution in [0.1, 0.15) is 10.5 Å². The fourth-order valence-corrected chi connectivity index (χ4v) is 1.75. The van der Waals surface area contributed by atoms with Crippen LogP contribution in [0, 0.1) is 5.41 Å². The molecule has 0 unspecified atom stereocenters. The Morgan fingerprint density at radius 3 is 2.82 bits per heavy atom. The van der Waals surface area contributed by atoms with E-state index in [4.69, 9.17) is 22.7 Å². The van der Waals surface area contributed by atoms with E-state index in [0.717, 1.165) is 15.8 Å². The molecule has 0 spiro atoms. The molecular formula is C11H11ClN4O. The lowest BCUT2D eigenvalue weighted by atomic mass is 10.2. The van der Waals surface area contributed by atoms with Gasteiger partial charge in [0.25, 0.3) is 5.91 Å². The highest BCUT2D eigenvalue weighted by Crippen LogP contribution is 2.24. The summed E-state index contributed by atoms with van der Waals surface area (Å²) < 4.78 is 0. The predicted octanol–water partition coefficient (Wildman–Crippen LogP) is 1.79. The van der Waals surface area contributed by atoms with Crippen LogP contribution in [0.15, 0.2) is 24.3 Å². The van der Waals surface area contributed by atoms with Crippen LogP contribution in [0.3, 0.4) is 0 Å². The lowest BCUT2D eigenvalue weighted by molar-refractivity contribution is 0.0864. The Kier molecular flexibility index (Phi) is 2.77. The first kappa shape index (κ1) is 11.5. The lowest BCUT2D eigenvalue weighted by Gasteiger charge is -2.12. The number of carbonyl (C=O) groups is 1. The third kappa shape index (κ3) is 1.97. The number of hydrogen-bond donors (Lipinski definition) is 3. The summed E-state index contributed by atoms with van der Waals surface area (Å²) in [7, 11) is 1.44. The van der Waals surface area contributed by atoms with Gasteiger partial charge < -0.3 is 10.7 Å². The third-order valence-corrected chi connectivity index (χ3v) is 2.84. The van der Waals surface area contributed by atoms with Crippen molar-refractivity contribution >= 4 is 34.4 Å². The number of carbonyl (C=O) groups excluding carboxylic acids is 1. The highest BCUT2D eigenvalue weighted by Gasteiger charge is 2.16. The predicted molar refractivity (Wildman–Crippen MR) is 67.3 cm³/mol. The van der Waals surface area contributed by atoms with Gasteiger partial charge in [-0.2, -0.15) is 0 Å². The van der Waals surface area contributed by atoms with Crippen LogP contribution in [0.25, 0.3) is 10.9 Å². The highest BCUT2D eigenvalue weighted by atomic mass is 35.5. The average molecular weight is 251 g/mol. The van der Waals surface area contributed by atoms with Crippen molar-refractivity contribution in [1.82, 2.24) is 9.88 Å². The Morgan fingerprint density at radius 1 is 1.53 bits per heavy atom. The van der Waals surface area contributed by atoms with E-state index < -0.39 is 0 Å². The molecule has 0 aliphatic rings. The molecule has 0 bridgehead atoms. The number of fused-ring (bicyclic) bond motifs is 1. The molecule has 2 aromatic rings. The van der Waals surface area contributed by atoms with Crippen molar-refractivity contribution in [2.24, 2.45) is 5.73 Å². The molecule has 17 heavy (non-hydrogen) atoms. The zero-order valence-electron chi connectivity index (χ0n) is 9.12. The number of aromatic nitrogens is 1. The molecule has 1 heterocycles. The van der Waals surface area contributed by atoms with Gasteiger partial charge in [0.1, 0.15) is 5.69 Å². The quantitative estimate of drug-likeness (QED) is 0.532. The summed E-state index contributed by atoms with van der Waals surface area (Å²) in [6, 6.07) is 7.02. The molecule has 0 aliphatic heterocycles. The molecule has 0 aliphatic carbocycles. The maximum Gasteiger partial charge on any atom is 0.276 e. The number of nitrogens with one attached hydrogen (secondary N) is 2. The Morgan fingerprint density at radius 2 is 2.24 bits per heavy atom. The number of benzene rings is 1. The van der Waals surface area contributed by atoms with Crippen molar-refractivity contribution in [2.45, 2.75) is 0 Å². The molecule has 0 atom stereocenters. The van der Waals surface area contributed by atoms with Gasteiger partial charge in [-0.1, -0.05) is 17.7 Å². The van der Waals surface area contributed by atoms with Gasteiger partial charge in [0.15, 0.2) is 5.96 Å². The van der Waals surface area contributed by atoms with Crippen LogP contribution in [0.4, 0.5) is 0 Å². The molecule has 1 aromatic heterocycles. The second-order valence-corrected chi connectivity index (χ2v) is 4.04. The molecule has 0 saturated carbocycles. The average Bonchev–Trinajstić information content (AvgIpc) is 2.72. The van der Waals surface area contributed by atoms with Crippen LogP contribution in [-0.4, -0.2) is 28.8 Å². The van der Waals surface area contributed by atoms with E-state index in [1.165, 1.54) is 7.05 Å². The summed E-state index contributed by atoms with van der Waals surface area (Å²) in [6.07, 6.45) is 0. The number of aromatic amines is 1. The molecule has 6 heteroatoms. The number of guanidine groups is 1. The Bertz CT molecular complexity index is 605. The van der Waals surface area contributed by atoms with Crippen molar-refractivity contribution in [2.75, 3.05) is 7.05 Å². The molecular weight excluding hydrogens is 240 g/mol. The maximum absolute atomic E-state index is 11.9. The normalized spacial score (nSPS) is 10.5. The fraction of sp³-hybridized carbons (Fsp3) is 0.0909. The van der Waals surface area contributed by atoms with Crippen LogP contribution >= 0.6 is 11.6 Å². The maximum atomic E-state index is 11.9. The monoisotopic (exact) mass is 250 g/mol. The van der Waals surface area contributed by atoms with Crippen molar-refractivity contribution in [1.29, 1.82) is 5.41 Å². The number of H-pyrrole nitrogens is 1. The van der Waals surface area contributed by atoms with Crippen LogP contribution < -0.4 is 5.73 Å². The van der Waals surface area contributed by atoms with Gasteiger partial charge in [0.05, 0.1) is 0 Å². The van der Waals surface area contributed by atoms with Crippen molar-refractivity contribution in [3.63, 3.8) is 0 Å². The smallest absolute Gasteiger partial charge is 0.276 e. The van der Waals surface area contributed by atoms with Gasteiger partial charge in [-0.05, 0) is 18.2 Å². The zero-order valence-corrected chi connectivity index (χ0v) is 9.88. The van der Waals surface area contributed by atoms with E-state index in [0.29, 0.717) is 10.7 Å². The number of amides is 1. The van der Waals surface area contributed by atoms with Gasteiger partial charge >= 0.3 is 0 Å². The van der Waals surface area contributed by atoms with Gasteiger partial charge in [-0.15, -0.1) is 0 Å². The van der Waals surface area contributed by atoms with Gasteiger partial charge in [-0.25, -0.2) is 0 Å². The number of hydrogen-bond acceptors (Lipinski definition) is 2. The van der Waals surface area contributed by atoms with Gasteiger partial charge in [-0.3, -0.25) is 15.1 Å². The molecule has 1 amide bonds. The molecule has 5 nitrogen and oxygen atoms in total. The number of halogens is 1. The zero-order chi connectivity index (χ0) is 12.6. The minimum absolute atomic E-state index is 0.306. The third-order valence-electron chi connectivity index (χ3n) is 2.51. The number of nitrogens with zero attached hydrogens (tertiary/aromatic N) is 1. The minimum atomic E-state index is -0.371. The molecule has 0 saturated heterocycles. The number of nitrogens with two attached hydrogens (primary N) is 1. The van der Waals surface area contributed by atoms with Gasteiger partial charge in [0.2, 0.25) is 0 Å². The minimum Gasteiger partial charge on any atom is -0.370 e. The SMILES string of the molecule is CN(C(=N)N)C(=O)c1cc2c(Cl)cccc2[nH]1. The molecule has 1 aromatic carbocycles. The highest BCUT2D eigenvalue weighted by molar-refractivity contribution is 6.35. The number of rotatable bonds is 1. The second-order valence-electron chi connectivity index (χ2n) is 3.63. The first-order valence-corrected chi connectivity index (χ1v) is 5.28. The lowest BCUT2D eigenvalue weighted by Crippen LogP contribution is -2.38. The van der Waals surface area contributed by atoms with Crippen LogP contribution in [-0.2, 0) is 0 Å². The van der Waals surface area contributed by atoms with E-state index >= 15 is 0 Å². The Labute approximate surface area is 103 Å². The van der Waals surface area contributed by atoms with Crippen LogP contribution in [0.2, 0.25) is 5.02 Å². The summed E-state index contributed by atoms with van der Waals surface area (Å²) in [5, 5.41) is 8.54. The summed E-state index contributed by atoms with van der Waals surface area (Å²) in [4.78, 5) is 15.9. The summed E-state index contributed by atoms with van der Waals surface area (Å²) in [6.45, 7) is 0. The second kappa shape index (κ2) is 4.10. The first-order valence-electron chi connectivity index (χ1n) is 4.90. The molecule has 0 radical (unpaired) electrons. The van der Waals surface area contributed by atoms with Crippen LogP contribution in [0.5, 0.6) is 0 Å². The summed E-state index contributed by atoms with van der Waals surface area (Å²) in [5.41, 5.74) is 6.38. The van der Waals surface area contributed by atoms with Gasteiger partial charge in [0, 0.05) is 23.0 Å². The standard InChI is InChI=1S/C11H11ClN4O/c1-16(11(13)14)10(17)9-5-6-7(12)3-2-4-8(6)15-9/h2-5,15H,1H3,(H3,13,14). The summed E-state index contributed by atoms with van der Waals surface area (Å²) in [5.74, 6) is -0.676. The van der Waals surface area contributed by atoms with E-state index in [2.05, 4.69) is 4.98 Å². The van der Waals surface area contributed by atoms with Crippen molar-refractivity contribution in [3.05, 3.63) is 35.0 Å². The Hall–Kier alpha value is -2.01. The Balaban J connectivity index is 2.47. The largest absolute Gasteiger partial charge is 0.370 e. The molecule has 0 fully saturated rings. The topological polar surface area (TPSA) is 86.0 Å². The molecule has 4 N–H and O–H groups in total. The molecule has 88 valence electrons.